The molecular weight excluding hydrogens is 282 g/mol. The van der Waals surface area contributed by atoms with E-state index in [1.165, 1.54) is 0 Å². The van der Waals surface area contributed by atoms with Gasteiger partial charge in [-0.05, 0) is 11.3 Å². The normalized spacial score (nSPS) is 11.7. The summed E-state index contributed by atoms with van der Waals surface area (Å²) in [5.41, 5.74) is 1.15. The largest absolute Gasteiger partial charge is 0.369 e. The number of hydrogen-bond donors (Lipinski definition) is 1. The van der Waals surface area contributed by atoms with E-state index in [0.717, 1.165) is 17.9 Å². The second-order valence-corrected chi connectivity index (χ2v) is 6.65. The van der Waals surface area contributed by atoms with Crippen molar-refractivity contribution in [2.24, 2.45) is 11.3 Å². The number of anilines is 1. The molecule has 112 valence electrons. The molecule has 0 spiro atoms. The van der Waals surface area contributed by atoms with Crippen molar-refractivity contribution < 1.29 is 0 Å². The molecule has 0 aliphatic heterocycles. The molecule has 3 nitrogen and oxygen atoms in total. The lowest BCUT2D eigenvalue weighted by atomic mass is 9.81. The third kappa shape index (κ3) is 4.18. The fraction of sp³-hybridized carbons (Fsp3) is 0.412. The first-order valence-electron chi connectivity index (χ1n) is 7.22. The number of aromatic nitrogens is 2. The molecule has 21 heavy (non-hydrogen) atoms. The van der Waals surface area contributed by atoms with Crippen LogP contribution in [0.5, 0.6) is 0 Å². The van der Waals surface area contributed by atoms with Crippen LogP contribution in [0.3, 0.4) is 0 Å². The number of rotatable bonds is 5. The van der Waals surface area contributed by atoms with Gasteiger partial charge < -0.3 is 5.32 Å². The molecule has 0 aliphatic carbocycles. The standard InChI is InChI=1S/C17H22ClN3/c1-12(2)17(3,4)11-19-15-10-14(18)20-16(21-15)13-8-6-5-7-9-13/h5-10,12H,11H2,1-4H3,(H,19,20,21). The van der Waals surface area contributed by atoms with Gasteiger partial charge in [-0.25, -0.2) is 9.97 Å². The average molecular weight is 304 g/mol. The molecule has 4 heteroatoms. The van der Waals surface area contributed by atoms with Crippen molar-refractivity contribution >= 4 is 17.4 Å². The third-order valence-electron chi connectivity index (χ3n) is 4.01. The Labute approximate surface area is 131 Å². The zero-order chi connectivity index (χ0) is 15.5. The van der Waals surface area contributed by atoms with Crippen LogP contribution < -0.4 is 5.32 Å². The first kappa shape index (κ1) is 15.8. The van der Waals surface area contributed by atoms with Crippen LogP contribution in [0.25, 0.3) is 11.4 Å². The molecule has 2 aromatic rings. The predicted molar refractivity (Wildman–Crippen MR) is 89.6 cm³/mol. The van der Waals surface area contributed by atoms with Crippen LogP contribution in [0.15, 0.2) is 36.4 Å². The van der Waals surface area contributed by atoms with E-state index in [4.69, 9.17) is 11.6 Å². The van der Waals surface area contributed by atoms with Crippen LogP contribution >= 0.6 is 11.6 Å². The number of halogens is 1. The van der Waals surface area contributed by atoms with Crippen LogP contribution in [0.2, 0.25) is 5.15 Å². The second-order valence-electron chi connectivity index (χ2n) is 6.26. The van der Waals surface area contributed by atoms with Gasteiger partial charge in [-0.15, -0.1) is 0 Å². The van der Waals surface area contributed by atoms with Gasteiger partial charge in [-0.1, -0.05) is 69.6 Å². The zero-order valence-corrected chi connectivity index (χ0v) is 13.8. The fourth-order valence-electron chi connectivity index (χ4n) is 1.75. The molecule has 1 aromatic carbocycles. The van der Waals surface area contributed by atoms with E-state index in [1.54, 1.807) is 6.07 Å². The summed E-state index contributed by atoms with van der Waals surface area (Å²) in [6, 6.07) is 11.6. The summed E-state index contributed by atoms with van der Waals surface area (Å²) in [5, 5.41) is 3.83. The number of benzene rings is 1. The third-order valence-corrected chi connectivity index (χ3v) is 4.21. The highest BCUT2D eigenvalue weighted by molar-refractivity contribution is 6.29. The topological polar surface area (TPSA) is 37.8 Å². The lowest BCUT2D eigenvalue weighted by Gasteiger charge is -2.29. The number of nitrogens with one attached hydrogen (secondary N) is 1. The zero-order valence-electron chi connectivity index (χ0n) is 13.0. The monoisotopic (exact) mass is 303 g/mol. The molecule has 1 aromatic heterocycles. The van der Waals surface area contributed by atoms with Crippen LogP contribution in [0, 0.1) is 11.3 Å². The molecule has 0 atom stereocenters. The summed E-state index contributed by atoms with van der Waals surface area (Å²) in [6.07, 6.45) is 0. The van der Waals surface area contributed by atoms with Crippen molar-refractivity contribution in [3.05, 3.63) is 41.6 Å². The Morgan fingerprint density at radius 2 is 1.81 bits per heavy atom. The van der Waals surface area contributed by atoms with E-state index >= 15 is 0 Å². The highest BCUT2D eigenvalue weighted by Crippen LogP contribution is 2.27. The lowest BCUT2D eigenvalue weighted by Crippen LogP contribution is -2.28. The minimum atomic E-state index is 0.185. The Balaban J connectivity index is 2.20. The van der Waals surface area contributed by atoms with E-state index in [2.05, 4.69) is 43.0 Å². The predicted octanol–water partition coefficient (Wildman–Crippen LogP) is 4.89. The van der Waals surface area contributed by atoms with Crippen molar-refractivity contribution in [3.8, 4) is 11.4 Å². The first-order valence-corrected chi connectivity index (χ1v) is 7.60. The summed E-state index contributed by atoms with van der Waals surface area (Å²) in [4.78, 5) is 8.86. The molecular formula is C17H22ClN3. The van der Waals surface area contributed by atoms with Crippen LogP contribution in [-0.4, -0.2) is 16.5 Å². The Bertz CT molecular complexity index is 594. The molecule has 0 aliphatic rings. The Morgan fingerprint density at radius 1 is 1.14 bits per heavy atom. The molecule has 0 unspecified atom stereocenters. The molecule has 1 heterocycles. The van der Waals surface area contributed by atoms with Crippen LogP contribution in [0.4, 0.5) is 5.82 Å². The van der Waals surface area contributed by atoms with Crippen molar-refractivity contribution in [2.75, 3.05) is 11.9 Å². The maximum atomic E-state index is 6.12. The van der Waals surface area contributed by atoms with Crippen LogP contribution in [-0.2, 0) is 0 Å². The van der Waals surface area contributed by atoms with Gasteiger partial charge in [0.15, 0.2) is 5.82 Å². The number of hydrogen-bond acceptors (Lipinski definition) is 3. The van der Waals surface area contributed by atoms with Crippen molar-refractivity contribution in [1.29, 1.82) is 0 Å². The molecule has 1 N–H and O–H groups in total. The summed E-state index contributed by atoms with van der Waals surface area (Å²) < 4.78 is 0. The molecule has 0 radical (unpaired) electrons. The fourth-order valence-corrected chi connectivity index (χ4v) is 1.93. The molecule has 0 saturated carbocycles. The Kier molecular flexibility index (Phi) is 4.84. The van der Waals surface area contributed by atoms with Crippen LogP contribution in [0.1, 0.15) is 27.7 Å². The summed E-state index contributed by atoms with van der Waals surface area (Å²) in [7, 11) is 0. The van der Waals surface area contributed by atoms with Gasteiger partial charge in [-0.3, -0.25) is 0 Å². The highest BCUT2D eigenvalue weighted by Gasteiger charge is 2.22. The average Bonchev–Trinajstić information content (AvgIpc) is 2.45. The van der Waals surface area contributed by atoms with Gasteiger partial charge in [-0.2, -0.15) is 0 Å². The maximum absolute atomic E-state index is 6.12. The SMILES string of the molecule is CC(C)C(C)(C)CNc1cc(Cl)nc(-c2ccccc2)n1. The Morgan fingerprint density at radius 3 is 2.43 bits per heavy atom. The van der Waals surface area contributed by atoms with Gasteiger partial charge in [0.05, 0.1) is 0 Å². The van der Waals surface area contributed by atoms with Crippen molar-refractivity contribution in [2.45, 2.75) is 27.7 Å². The minimum absolute atomic E-state index is 0.185. The smallest absolute Gasteiger partial charge is 0.163 e. The van der Waals surface area contributed by atoms with Gasteiger partial charge in [0.2, 0.25) is 0 Å². The van der Waals surface area contributed by atoms with E-state index in [0.29, 0.717) is 16.9 Å². The Hall–Kier alpha value is -1.61. The number of nitrogens with zero attached hydrogens (tertiary/aromatic N) is 2. The molecule has 0 saturated heterocycles. The van der Waals surface area contributed by atoms with E-state index in [-0.39, 0.29) is 5.41 Å². The van der Waals surface area contributed by atoms with Crippen molar-refractivity contribution in [3.63, 3.8) is 0 Å². The lowest BCUT2D eigenvalue weighted by molar-refractivity contribution is 0.269. The molecule has 0 amide bonds. The first-order chi connectivity index (χ1) is 9.88. The highest BCUT2D eigenvalue weighted by atomic mass is 35.5. The summed E-state index contributed by atoms with van der Waals surface area (Å²) in [5.74, 6) is 1.99. The van der Waals surface area contributed by atoms with E-state index in [1.807, 2.05) is 30.3 Å². The molecule has 0 fully saturated rings. The summed E-state index contributed by atoms with van der Waals surface area (Å²) >= 11 is 6.12. The molecule has 0 bridgehead atoms. The van der Waals surface area contributed by atoms with Gasteiger partial charge in [0, 0.05) is 18.2 Å². The summed E-state index contributed by atoms with van der Waals surface area (Å²) in [6.45, 7) is 9.78. The quantitative estimate of drug-likeness (QED) is 0.799. The maximum Gasteiger partial charge on any atom is 0.163 e. The minimum Gasteiger partial charge on any atom is -0.369 e. The van der Waals surface area contributed by atoms with Crippen molar-refractivity contribution in [1.82, 2.24) is 9.97 Å². The van der Waals surface area contributed by atoms with Gasteiger partial charge in [0.25, 0.3) is 0 Å². The van der Waals surface area contributed by atoms with E-state index in [9.17, 15) is 0 Å². The van der Waals surface area contributed by atoms with E-state index < -0.39 is 0 Å². The second kappa shape index (κ2) is 6.44. The van der Waals surface area contributed by atoms with Gasteiger partial charge >= 0.3 is 0 Å². The van der Waals surface area contributed by atoms with Gasteiger partial charge in [0.1, 0.15) is 11.0 Å². The molecule has 2 rings (SSSR count).